The first-order valence-electron chi connectivity index (χ1n) is 11.7. The Labute approximate surface area is 202 Å². The number of nitrogens with zero attached hydrogens (tertiary/aromatic N) is 5. The number of ether oxygens (including phenoxy) is 1. The van der Waals surface area contributed by atoms with Gasteiger partial charge in [-0.05, 0) is 63.8 Å². The minimum Gasteiger partial charge on any atom is -0.373 e. The summed E-state index contributed by atoms with van der Waals surface area (Å²) in [5.74, 6) is -0.228. The van der Waals surface area contributed by atoms with Gasteiger partial charge in [-0.25, -0.2) is 19.3 Å². The molecule has 0 spiro atoms. The number of pyridine rings is 1. The lowest BCUT2D eigenvalue weighted by molar-refractivity contribution is 0.00463. The molecule has 1 saturated heterocycles. The van der Waals surface area contributed by atoms with Gasteiger partial charge < -0.3 is 4.74 Å². The normalized spacial score (nSPS) is 20.7. The van der Waals surface area contributed by atoms with Gasteiger partial charge in [-0.3, -0.25) is 4.68 Å². The zero-order valence-corrected chi connectivity index (χ0v) is 19.9. The summed E-state index contributed by atoms with van der Waals surface area (Å²) in [7, 11) is 0. The average Bonchev–Trinajstić information content (AvgIpc) is 3.56. The summed E-state index contributed by atoms with van der Waals surface area (Å²) in [6, 6.07) is 7.24. The van der Waals surface area contributed by atoms with Crippen LogP contribution in [0.2, 0.25) is 5.02 Å². The Morgan fingerprint density at radius 1 is 1.03 bits per heavy atom. The highest BCUT2D eigenvalue weighted by atomic mass is 35.5. The highest BCUT2D eigenvalue weighted by molar-refractivity contribution is 6.30. The third kappa shape index (κ3) is 3.97. The number of aryl methyl sites for hydroxylation is 2. The highest BCUT2D eigenvalue weighted by Gasteiger charge is 2.30. The third-order valence-corrected chi connectivity index (χ3v) is 7.14. The van der Waals surface area contributed by atoms with Crippen molar-refractivity contribution in [3.8, 4) is 11.1 Å². The summed E-state index contributed by atoms with van der Waals surface area (Å²) in [5, 5.41) is 4.89. The number of benzene rings is 1. The van der Waals surface area contributed by atoms with Crippen molar-refractivity contribution in [2.75, 3.05) is 6.61 Å². The van der Waals surface area contributed by atoms with Crippen molar-refractivity contribution in [2.45, 2.75) is 57.6 Å². The number of fused-ring (bicyclic) bond motifs is 1. The molecule has 2 fully saturated rings. The highest BCUT2D eigenvalue weighted by Crippen LogP contribution is 2.41. The molecule has 0 unspecified atom stereocenters. The molecule has 1 aliphatic heterocycles. The lowest BCUT2D eigenvalue weighted by atomic mass is 9.88. The Bertz CT molecular complexity index is 1400. The van der Waals surface area contributed by atoms with E-state index in [-0.39, 0.29) is 17.8 Å². The summed E-state index contributed by atoms with van der Waals surface area (Å²) >= 11 is 6.02. The number of hydrogen-bond donors (Lipinski definition) is 0. The monoisotopic (exact) mass is 477 g/mol. The van der Waals surface area contributed by atoms with Crippen LogP contribution in [0.3, 0.4) is 0 Å². The molecule has 0 N–H and O–H groups in total. The quantitative estimate of drug-likeness (QED) is 0.346. The first-order valence-corrected chi connectivity index (χ1v) is 12.1. The van der Waals surface area contributed by atoms with E-state index >= 15 is 0 Å². The van der Waals surface area contributed by atoms with Gasteiger partial charge in [-0.1, -0.05) is 11.6 Å². The second-order valence-corrected chi connectivity index (χ2v) is 9.79. The average molecular weight is 478 g/mol. The van der Waals surface area contributed by atoms with E-state index in [1.54, 1.807) is 12.1 Å². The maximum absolute atomic E-state index is 15.0. The first kappa shape index (κ1) is 21.6. The molecule has 34 heavy (non-hydrogen) atoms. The molecule has 1 saturated carbocycles. The summed E-state index contributed by atoms with van der Waals surface area (Å²) in [6.07, 6.45) is 8.02. The fraction of sp³-hybridized carbons (Fsp3) is 0.385. The molecule has 8 heteroatoms. The molecule has 1 aromatic carbocycles. The molecule has 1 aliphatic carbocycles. The van der Waals surface area contributed by atoms with Gasteiger partial charge in [0.05, 0.1) is 29.7 Å². The Hall–Kier alpha value is -2.90. The van der Waals surface area contributed by atoms with Crippen LogP contribution >= 0.6 is 11.6 Å². The Balaban J connectivity index is 1.41. The van der Waals surface area contributed by atoms with Crippen LogP contribution in [0.25, 0.3) is 22.3 Å². The second-order valence-electron chi connectivity index (χ2n) is 9.35. The molecule has 0 bridgehead atoms. The Morgan fingerprint density at radius 2 is 1.85 bits per heavy atom. The lowest BCUT2D eigenvalue weighted by Crippen LogP contribution is -2.19. The van der Waals surface area contributed by atoms with E-state index in [1.807, 2.05) is 26.1 Å². The van der Waals surface area contributed by atoms with Crippen LogP contribution in [0.15, 0.2) is 36.7 Å². The third-order valence-electron chi connectivity index (χ3n) is 6.91. The van der Waals surface area contributed by atoms with Gasteiger partial charge in [0.1, 0.15) is 11.3 Å². The molecular formula is C26H25ClFN5O. The molecule has 174 valence electrons. The second kappa shape index (κ2) is 8.40. The van der Waals surface area contributed by atoms with E-state index in [1.165, 1.54) is 18.9 Å². The minimum atomic E-state index is -0.386. The van der Waals surface area contributed by atoms with E-state index in [4.69, 9.17) is 31.3 Å². The van der Waals surface area contributed by atoms with E-state index in [2.05, 4.69) is 16.0 Å². The van der Waals surface area contributed by atoms with Crippen molar-refractivity contribution < 1.29 is 9.13 Å². The van der Waals surface area contributed by atoms with E-state index < -0.39 is 0 Å². The van der Waals surface area contributed by atoms with Gasteiger partial charge in [0.2, 0.25) is 0 Å². The van der Waals surface area contributed by atoms with Crippen LogP contribution in [0.1, 0.15) is 66.4 Å². The molecule has 0 radical (unpaired) electrons. The van der Waals surface area contributed by atoms with E-state index in [0.29, 0.717) is 40.0 Å². The fourth-order valence-electron chi connectivity index (χ4n) is 4.70. The van der Waals surface area contributed by atoms with Crippen LogP contribution < -0.4 is 0 Å². The molecule has 4 aromatic rings. The van der Waals surface area contributed by atoms with Crippen molar-refractivity contribution in [3.05, 3.63) is 70.1 Å². The van der Waals surface area contributed by atoms with Gasteiger partial charge in [0.25, 0.3) is 0 Å². The molecular weight excluding hydrogens is 453 g/mol. The van der Waals surface area contributed by atoms with Crippen LogP contribution in [-0.4, -0.2) is 31.3 Å². The van der Waals surface area contributed by atoms with Crippen molar-refractivity contribution in [1.82, 2.24) is 24.7 Å². The fourth-order valence-corrected chi connectivity index (χ4v) is 4.86. The maximum atomic E-state index is 15.0. The SMILES string of the molecule is Cc1nc2nc([C@@H]3CCO[C@@H](c4cnn(C5CC5)c4)C3)cc(-c3ccc(Cl)cc3F)c2nc1C. The summed E-state index contributed by atoms with van der Waals surface area (Å²) in [6.45, 7) is 4.45. The smallest absolute Gasteiger partial charge is 0.179 e. The summed E-state index contributed by atoms with van der Waals surface area (Å²) < 4.78 is 23.2. The van der Waals surface area contributed by atoms with Crippen molar-refractivity contribution in [3.63, 3.8) is 0 Å². The van der Waals surface area contributed by atoms with Gasteiger partial charge >= 0.3 is 0 Å². The number of hydrogen-bond acceptors (Lipinski definition) is 5. The van der Waals surface area contributed by atoms with Crippen LogP contribution in [0.4, 0.5) is 4.39 Å². The summed E-state index contributed by atoms with van der Waals surface area (Å²) in [4.78, 5) is 14.3. The van der Waals surface area contributed by atoms with Gasteiger partial charge in [-0.2, -0.15) is 5.10 Å². The van der Waals surface area contributed by atoms with Crippen molar-refractivity contribution in [2.24, 2.45) is 0 Å². The van der Waals surface area contributed by atoms with Crippen LogP contribution in [0.5, 0.6) is 0 Å². The predicted molar refractivity (Wildman–Crippen MR) is 128 cm³/mol. The van der Waals surface area contributed by atoms with E-state index in [9.17, 15) is 4.39 Å². The molecule has 0 amide bonds. The molecule has 3 aromatic heterocycles. The zero-order valence-electron chi connectivity index (χ0n) is 19.1. The molecule has 6 nitrogen and oxygen atoms in total. The molecule has 4 heterocycles. The Kier molecular flexibility index (Phi) is 5.34. The van der Waals surface area contributed by atoms with Crippen LogP contribution in [0, 0.1) is 19.7 Å². The van der Waals surface area contributed by atoms with Gasteiger partial charge in [-0.15, -0.1) is 0 Å². The largest absolute Gasteiger partial charge is 0.373 e. The number of halogens is 2. The van der Waals surface area contributed by atoms with Crippen molar-refractivity contribution in [1.29, 1.82) is 0 Å². The lowest BCUT2D eigenvalue weighted by Gasteiger charge is -2.29. The van der Waals surface area contributed by atoms with Crippen molar-refractivity contribution >= 4 is 22.8 Å². The van der Waals surface area contributed by atoms with Gasteiger partial charge in [0, 0.05) is 46.1 Å². The molecule has 6 rings (SSSR count). The van der Waals surface area contributed by atoms with Crippen LogP contribution in [-0.2, 0) is 4.74 Å². The number of aromatic nitrogens is 5. The molecule has 2 atom stereocenters. The minimum absolute atomic E-state index is 0.0368. The first-order chi connectivity index (χ1) is 16.5. The molecule has 2 aliphatic rings. The predicted octanol–water partition coefficient (Wildman–Crippen LogP) is 6.27. The van der Waals surface area contributed by atoms with Gasteiger partial charge in [0.15, 0.2) is 5.65 Å². The van der Waals surface area contributed by atoms with E-state index in [0.717, 1.165) is 35.5 Å². The summed E-state index contributed by atoms with van der Waals surface area (Å²) in [5.41, 5.74) is 5.88. The topological polar surface area (TPSA) is 65.7 Å². The standard InChI is InChI=1S/C26H25ClFN5O/c1-14-15(2)31-26-25(30-14)21(20-6-3-18(27)10-22(20)28)11-23(32-26)16-7-8-34-24(9-16)17-12-29-33(13-17)19-4-5-19/h3,6,10-13,16,19,24H,4-5,7-9H2,1-2H3/t16-,24-/m1/s1. The maximum Gasteiger partial charge on any atom is 0.179 e. The zero-order chi connectivity index (χ0) is 23.4. The Morgan fingerprint density at radius 3 is 2.65 bits per heavy atom. The number of rotatable bonds is 4.